The topological polar surface area (TPSA) is 31.9 Å². The molecule has 5 heteroatoms. The molecule has 3 rings (SSSR count). The molecule has 0 aliphatic carbocycles. The molecular weight excluding hydrogens is 224 g/mol. The number of rotatable bonds is 3. The molecule has 1 fully saturated rings. The smallest absolute Gasteiger partial charge is 0.170 e. The van der Waals surface area contributed by atoms with E-state index in [-0.39, 0.29) is 0 Å². The number of fused-ring (bicyclic) bond motifs is 1. The zero-order valence-electron chi connectivity index (χ0n) is 9.34. The fourth-order valence-corrected chi connectivity index (χ4v) is 2.16. The normalized spacial score (nSPS) is 16.4. The Bertz CT molecular complexity index is 546. The second-order valence-electron chi connectivity index (χ2n) is 4.40. The van der Waals surface area contributed by atoms with Gasteiger partial charge >= 0.3 is 0 Å². The number of aromatic amines is 1. The summed E-state index contributed by atoms with van der Waals surface area (Å²) in [5.74, 6) is -1.61. The van der Waals surface area contributed by atoms with E-state index in [1.165, 1.54) is 12.5 Å². The quantitative estimate of drug-likeness (QED) is 0.886. The van der Waals surface area contributed by atoms with Crippen LogP contribution in [0.25, 0.3) is 10.9 Å². The van der Waals surface area contributed by atoms with Crippen molar-refractivity contribution in [2.45, 2.75) is 12.8 Å². The molecule has 2 heterocycles. The highest BCUT2D eigenvalue weighted by atomic mass is 19.2. The van der Waals surface area contributed by atoms with Gasteiger partial charge in [0.15, 0.2) is 11.6 Å². The highest BCUT2D eigenvalue weighted by Crippen LogP contribution is 2.22. The lowest BCUT2D eigenvalue weighted by Gasteiger charge is -2.30. The summed E-state index contributed by atoms with van der Waals surface area (Å²) >= 11 is 0. The SMILES string of the molecule is Fc1ccc2n[nH]c(CCN3CCC3)c2c1F. The van der Waals surface area contributed by atoms with Crippen LogP contribution in [0.4, 0.5) is 8.78 Å². The van der Waals surface area contributed by atoms with E-state index in [1.54, 1.807) is 0 Å². The Morgan fingerprint density at radius 3 is 2.82 bits per heavy atom. The molecule has 0 radical (unpaired) electrons. The number of likely N-dealkylation sites (tertiary alicyclic amines) is 1. The van der Waals surface area contributed by atoms with Crippen LogP contribution in [-0.4, -0.2) is 34.7 Å². The van der Waals surface area contributed by atoms with Crippen LogP contribution in [0.5, 0.6) is 0 Å². The van der Waals surface area contributed by atoms with Crippen molar-refractivity contribution < 1.29 is 8.78 Å². The van der Waals surface area contributed by atoms with Crippen molar-refractivity contribution in [3.05, 3.63) is 29.5 Å². The van der Waals surface area contributed by atoms with Gasteiger partial charge in [-0.1, -0.05) is 0 Å². The van der Waals surface area contributed by atoms with Gasteiger partial charge in [-0.3, -0.25) is 5.10 Å². The second kappa shape index (κ2) is 4.07. The largest absolute Gasteiger partial charge is 0.303 e. The van der Waals surface area contributed by atoms with E-state index in [4.69, 9.17) is 0 Å². The summed E-state index contributed by atoms with van der Waals surface area (Å²) in [6.07, 6.45) is 1.91. The van der Waals surface area contributed by atoms with E-state index in [0.717, 1.165) is 25.7 Å². The first kappa shape index (κ1) is 10.7. The molecule has 0 unspecified atom stereocenters. The number of halogens is 2. The molecule has 1 aliphatic rings. The van der Waals surface area contributed by atoms with Crippen molar-refractivity contribution in [3.63, 3.8) is 0 Å². The maximum absolute atomic E-state index is 13.7. The van der Waals surface area contributed by atoms with E-state index < -0.39 is 11.6 Å². The van der Waals surface area contributed by atoms with Crippen molar-refractivity contribution in [1.29, 1.82) is 0 Å². The minimum absolute atomic E-state index is 0.297. The van der Waals surface area contributed by atoms with Crippen molar-refractivity contribution in [3.8, 4) is 0 Å². The van der Waals surface area contributed by atoms with Gasteiger partial charge in [-0.25, -0.2) is 8.78 Å². The Labute approximate surface area is 97.4 Å². The standard InChI is InChI=1S/C12H13F2N3/c13-8-2-3-9-11(12(8)14)10(16-15-9)4-7-17-5-1-6-17/h2-3H,1,4-7H2,(H,15,16). The summed E-state index contributed by atoms with van der Waals surface area (Å²) in [5, 5.41) is 7.09. The van der Waals surface area contributed by atoms with Gasteiger partial charge in [0.05, 0.1) is 10.9 Å². The molecule has 3 nitrogen and oxygen atoms in total. The van der Waals surface area contributed by atoms with Gasteiger partial charge in [0.2, 0.25) is 0 Å². The molecule has 0 spiro atoms. The predicted octanol–water partition coefficient (Wildman–Crippen LogP) is 2.09. The Morgan fingerprint density at radius 2 is 2.12 bits per heavy atom. The molecule has 2 aromatic rings. The van der Waals surface area contributed by atoms with Gasteiger partial charge in [0.1, 0.15) is 0 Å². The second-order valence-corrected chi connectivity index (χ2v) is 4.40. The van der Waals surface area contributed by atoms with Gasteiger partial charge in [-0.2, -0.15) is 5.10 Å². The number of hydrogen-bond donors (Lipinski definition) is 1. The Balaban J connectivity index is 1.90. The summed E-state index contributed by atoms with van der Waals surface area (Å²) in [4.78, 5) is 2.28. The van der Waals surface area contributed by atoms with E-state index >= 15 is 0 Å². The monoisotopic (exact) mass is 237 g/mol. The Hall–Kier alpha value is -1.49. The maximum Gasteiger partial charge on any atom is 0.170 e. The molecule has 1 aliphatic heterocycles. The van der Waals surface area contributed by atoms with Gasteiger partial charge in [-0.15, -0.1) is 0 Å². The van der Waals surface area contributed by atoms with Gasteiger partial charge < -0.3 is 4.90 Å². The van der Waals surface area contributed by atoms with Gasteiger partial charge in [0, 0.05) is 18.7 Å². The summed E-state index contributed by atoms with van der Waals surface area (Å²) in [6, 6.07) is 2.61. The molecule has 0 atom stereocenters. The van der Waals surface area contributed by atoms with Crippen LogP contribution < -0.4 is 0 Å². The maximum atomic E-state index is 13.7. The molecule has 1 aromatic heterocycles. The molecule has 17 heavy (non-hydrogen) atoms. The van der Waals surface area contributed by atoms with Crippen LogP contribution in [0, 0.1) is 11.6 Å². The minimum Gasteiger partial charge on any atom is -0.303 e. The fourth-order valence-electron chi connectivity index (χ4n) is 2.16. The third-order valence-corrected chi connectivity index (χ3v) is 3.31. The third kappa shape index (κ3) is 1.80. The summed E-state index contributed by atoms with van der Waals surface area (Å²) in [5.41, 5.74) is 1.17. The molecule has 1 aromatic carbocycles. The van der Waals surface area contributed by atoms with Crippen LogP contribution in [-0.2, 0) is 6.42 Å². The average molecular weight is 237 g/mol. The third-order valence-electron chi connectivity index (χ3n) is 3.31. The Morgan fingerprint density at radius 1 is 1.29 bits per heavy atom. The van der Waals surface area contributed by atoms with Crippen LogP contribution in [0.1, 0.15) is 12.1 Å². The molecule has 1 saturated heterocycles. The first-order valence-corrected chi connectivity index (χ1v) is 5.79. The lowest BCUT2D eigenvalue weighted by molar-refractivity contribution is 0.183. The van der Waals surface area contributed by atoms with Crippen molar-refractivity contribution in [1.82, 2.24) is 15.1 Å². The first-order valence-electron chi connectivity index (χ1n) is 5.79. The van der Waals surface area contributed by atoms with Gasteiger partial charge in [-0.05, 0) is 31.6 Å². The van der Waals surface area contributed by atoms with E-state index in [2.05, 4.69) is 15.1 Å². The predicted molar refractivity (Wildman–Crippen MR) is 60.8 cm³/mol. The van der Waals surface area contributed by atoms with E-state index in [0.29, 0.717) is 23.0 Å². The lowest BCUT2D eigenvalue weighted by Crippen LogP contribution is -2.38. The first-order chi connectivity index (χ1) is 8.25. The van der Waals surface area contributed by atoms with Crippen molar-refractivity contribution >= 4 is 10.9 Å². The van der Waals surface area contributed by atoms with Crippen LogP contribution >= 0.6 is 0 Å². The van der Waals surface area contributed by atoms with Crippen LogP contribution in [0.15, 0.2) is 12.1 Å². The van der Waals surface area contributed by atoms with Gasteiger partial charge in [0.25, 0.3) is 0 Å². The summed E-state index contributed by atoms with van der Waals surface area (Å²) < 4.78 is 26.8. The number of nitrogens with zero attached hydrogens (tertiary/aromatic N) is 2. The lowest BCUT2D eigenvalue weighted by atomic mass is 10.1. The Kier molecular flexibility index (Phi) is 2.55. The highest BCUT2D eigenvalue weighted by Gasteiger charge is 2.17. The van der Waals surface area contributed by atoms with Crippen molar-refractivity contribution in [2.24, 2.45) is 0 Å². The van der Waals surface area contributed by atoms with Crippen molar-refractivity contribution in [2.75, 3.05) is 19.6 Å². The summed E-state index contributed by atoms with van der Waals surface area (Å²) in [6.45, 7) is 3.07. The number of nitrogens with one attached hydrogen (secondary N) is 1. The fraction of sp³-hybridized carbons (Fsp3) is 0.417. The zero-order valence-corrected chi connectivity index (χ0v) is 9.34. The molecule has 1 N–H and O–H groups in total. The zero-order chi connectivity index (χ0) is 11.8. The van der Waals surface area contributed by atoms with Crippen LogP contribution in [0.3, 0.4) is 0 Å². The minimum atomic E-state index is -0.816. The van der Waals surface area contributed by atoms with Crippen LogP contribution in [0.2, 0.25) is 0 Å². The summed E-state index contributed by atoms with van der Waals surface area (Å²) in [7, 11) is 0. The molecular formula is C12H13F2N3. The molecule has 0 amide bonds. The molecule has 0 bridgehead atoms. The number of aromatic nitrogens is 2. The number of H-pyrrole nitrogens is 1. The molecule has 90 valence electrons. The van der Waals surface area contributed by atoms with E-state index in [9.17, 15) is 8.78 Å². The number of hydrogen-bond acceptors (Lipinski definition) is 2. The number of benzene rings is 1. The molecule has 0 saturated carbocycles. The highest BCUT2D eigenvalue weighted by molar-refractivity contribution is 5.82. The van der Waals surface area contributed by atoms with E-state index in [1.807, 2.05) is 0 Å². The average Bonchev–Trinajstić information content (AvgIpc) is 2.66.